The molecule has 0 saturated carbocycles. The number of aliphatic hydroxyl groups is 1. The summed E-state index contributed by atoms with van der Waals surface area (Å²) in [7, 11) is 0. The van der Waals surface area contributed by atoms with E-state index in [0.29, 0.717) is 25.2 Å². The molecule has 0 amide bonds. The summed E-state index contributed by atoms with van der Waals surface area (Å²) in [6.07, 6.45) is -4.11. The van der Waals surface area contributed by atoms with E-state index in [0.717, 1.165) is 17.7 Å². The van der Waals surface area contributed by atoms with E-state index in [1.807, 2.05) is 0 Å². The van der Waals surface area contributed by atoms with Gasteiger partial charge in [-0.05, 0) is 54.8 Å². The molecule has 2 aromatic carbocycles. The van der Waals surface area contributed by atoms with Crippen LogP contribution in [0.5, 0.6) is 11.5 Å². The Bertz CT molecular complexity index is 876. The Hall–Kier alpha value is -2.78. The number of carboxylic acids is 1. The Kier molecular flexibility index (Phi) is 7.07. The van der Waals surface area contributed by atoms with E-state index in [9.17, 15) is 28.2 Å². The SMILES string of the molecule is O=C(O)C1(Cc2cccc(OC[C@@H](O)COc3ccc(C(F)(F)F)cc3)c2)CCCO1. The first-order chi connectivity index (χ1) is 14.7. The molecular weight excluding hydrogens is 417 g/mol. The number of hydrogen-bond acceptors (Lipinski definition) is 5. The van der Waals surface area contributed by atoms with Crippen LogP contribution in [-0.4, -0.2) is 47.7 Å². The third-order valence-corrected chi connectivity index (χ3v) is 4.95. The monoisotopic (exact) mass is 440 g/mol. The van der Waals surface area contributed by atoms with Crippen molar-refractivity contribution in [2.24, 2.45) is 0 Å². The molecule has 6 nitrogen and oxygen atoms in total. The van der Waals surface area contributed by atoms with Gasteiger partial charge >= 0.3 is 12.1 Å². The average Bonchev–Trinajstić information content (AvgIpc) is 3.20. The van der Waals surface area contributed by atoms with Crippen molar-refractivity contribution in [1.29, 1.82) is 0 Å². The number of ether oxygens (including phenoxy) is 3. The molecule has 1 aliphatic heterocycles. The summed E-state index contributed by atoms with van der Waals surface area (Å²) < 4.78 is 54.0. The van der Waals surface area contributed by atoms with E-state index >= 15 is 0 Å². The lowest BCUT2D eigenvalue weighted by Crippen LogP contribution is -2.40. The Morgan fingerprint density at radius 3 is 2.35 bits per heavy atom. The summed E-state index contributed by atoms with van der Waals surface area (Å²) in [5, 5.41) is 19.6. The number of aliphatic hydroxyl groups excluding tert-OH is 1. The van der Waals surface area contributed by atoms with Crippen LogP contribution < -0.4 is 9.47 Å². The molecule has 0 radical (unpaired) electrons. The zero-order valence-corrected chi connectivity index (χ0v) is 16.6. The van der Waals surface area contributed by atoms with Crippen molar-refractivity contribution < 1.29 is 42.4 Å². The standard InChI is InChI=1S/C22H23F3O6/c23-22(24,25)16-5-7-18(8-6-16)29-13-17(26)14-30-19-4-1-3-15(11-19)12-21(20(27)28)9-2-10-31-21/h1,3-8,11,17,26H,2,9-10,12-14H2,(H,27,28)/t17-,21?/m0/s1. The summed E-state index contributed by atoms with van der Waals surface area (Å²) in [6, 6.07) is 11.0. The van der Waals surface area contributed by atoms with Crippen molar-refractivity contribution in [2.75, 3.05) is 19.8 Å². The number of carboxylic acid groups (broad SMARTS) is 1. The van der Waals surface area contributed by atoms with Crippen LogP contribution in [0.2, 0.25) is 0 Å². The number of rotatable bonds is 9. The largest absolute Gasteiger partial charge is 0.491 e. The lowest BCUT2D eigenvalue weighted by molar-refractivity contribution is -0.159. The first kappa shape index (κ1) is 22.9. The average molecular weight is 440 g/mol. The van der Waals surface area contributed by atoms with E-state index in [4.69, 9.17) is 14.2 Å². The summed E-state index contributed by atoms with van der Waals surface area (Å²) in [5.41, 5.74) is -1.28. The van der Waals surface area contributed by atoms with Gasteiger partial charge in [-0.1, -0.05) is 12.1 Å². The molecule has 1 saturated heterocycles. The van der Waals surface area contributed by atoms with Crippen molar-refractivity contribution in [3.63, 3.8) is 0 Å². The maximum absolute atomic E-state index is 12.6. The first-order valence-corrected chi connectivity index (χ1v) is 9.75. The van der Waals surface area contributed by atoms with Gasteiger partial charge in [-0.25, -0.2) is 4.79 Å². The molecule has 0 aromatic heterocycles. The lowest BCUT2D eigenvalue weighted by atomic mass is 9.91. The van der Waals surface area contributed by atoms with Crippen molar-refractivity contribution in [3.05, 3.63) is 59.7 Å². The Labute approximate surface area is 177 Å². The third-order valence-electron chi connectivity index (χ3n) is 4.95. The Morgan fingerprint density at radius 1 is 1.10 bits per heavy atom. The zero-order valence-electron chi connectivity index (χ0n) is 16.6. The third kappa shape index (κ3) is 6.11. The van der Waals surface area contributed by atoms with Gasteiger partial charge in [0.25, 0.3) is 0 Å². The van der Waals surface area contributed by atoms with Gasteiger partial charge in [-0.2, -0.15) is 13.2 Å². The van der Waals surface area contributed by atoms with Gasteiger partial charge in [-0.15, -0.1) is 0 Å². The number of aliphatic carboxylic acids is 1. The predicted molar refractivity (Wildman–Crippen MR) is 104 cm³/mol. The van der Waals surface area contributed by atoms with Gasteiger partial charge in [0.05, 0.1) is 5.56 Å². The fraction of sp³-hybridized carbons (Fsp3) is 0.409. The minimum Gasteiger partial charge on any atom is -0.491 e. The number of hydrogen-bond donors (Lipinski definition) is 2. The number of alkyl halides is 3. The minimum atomic E-state index is -4.42. The maximum Gasteiger partial charge on any atom is 0.416 e. The van der Waals surface area contributed by atoms with E-state index in [-0.39, 0.29) is 25.4 Å². The maximum atomic E-state index is 12.6. The van der Waals surface area contributed by atoms with Crippen LogP contribution in [0.15, 0.2) is 48.5 Å². The van der Waals surface area contributed by atoms with E-state index < -0.39 is 29.4 Å². The number of halogens is 3. The molecule has 31 heavy (non-hydrogen) atoms. The second-order valence-corrected chi connectivity index (χ2v) is 7.37. The second-order valence-electron chi connectivity index (χ2n) is 7.37. The van der Waals surface area contributed by atoms with Gasteiger partial charge in [-0.3, -0.25) is 0 Å². The highest BCUT2D eigenvalue weighted by Crippen LogP contribution is 2.31. The molecule has 1 fully saturated rings. The molecule has 2 aromatic rings. The second kappa shape index (κ2) is 9.57. The Balaban J connectivity index is 1.49. The molecule has 2 atom stereocenters. The van der Waals surface area contributed by atoms with Crippen LogP contribution in [-0.2, 0) is 22.1 Å². The molecule has 1 unspecified atom stereocenters. The molecule has 0 spiro atoms. The highest BCUT2D eigenvalue weighted by molar-refractivity contribution is 5.78. The normalized spacial score (nSPS) is 19.7. The quantitative estimate of drug-likeness (QED) is 0.619. The van der Waals surface area contributed by atoms with Crippen LogP contribution in [0.25, 0.3) is 0 Å². The fourth-order valence-corrected chi connectivity index (χ4v) is 3.33. The smallest absolute Gasteiger partial charge is 0.416 e. The van der Waals surface area contributed by atoms with Gasteiger partial charge in [0, 0.05) is 13.0 Å². The van der Waals surface area contributed by atoms with Crippen molar-refractivity contribution in [1.82, 2.24) is 0 Å². The van der Waals surface area contributed by atoms with Gasteiger partial charge in [0.15, 0.2) is 5.60 Å². The zero-order chi connectivity index (χ0) is 22.5. The highest BCUT2D eigenvalue weighted by atomic mass is 19.4. The van der Waals surface area contributed by atoms with Crippen molar-refractivity contribution in [2.45, 2.75) is 37.1 Å². The van der Waals surface area contributed by atoms with Crippen molar-refractivity contribution >= 4 is 5.97 Å². The van der Waals surface area contributed by atoms with Crippen LogP contribution in [0.1, 0.15) is 24.0 Å². The summed E-state index contributed by atoms with van der Waals surface area (Å²) in [6.45, 7) is 0.138. The van der Waals surface area contributed by atoms with E-state index in [2.05, 4.69) is 0 Å². The first-order valence-electron chi connectivity index (χ1n) is 9.75. The van der Waals surface area contributed by atoms with E-state index in [1.165, 1.54) is 12.1 Å². The van der Waals surface area contributed by atoms with Crippen LogP contribution in [0.4, 0.5) is 13.2 Å². The molecule has 0 bridgehead atoms. The van der Waals surface area contributed by atoms with Crippen molar-refractivity contribution in [3.8, 4) is 11.5 Å². The molecule has 9 heteroatoms. The molecular formula is C22H23F3O6. The summed E-state index contributed by atoms with van der Waals surface area (Å²) in [4.78, 5) is 11.6. The van der Waals surface area contributed by atoms with Crippen LogP contribution in [0, 0.1) is 0 Å². The molecule has 2 N–H and O–H groups in total. The molecule has 0 aliphatic carbocycles. The number of carbonyl (C=O) groups is 1. The summed E-state index contributed by atoms with van der Waals surface area (Å²) in [5.74, 6) is -0.346. The highest BCUT2D eigenvalue weighted by Gasteiger charge is 2.43. The molecule has 168 valence electrons. The molecule has 1 heterocycles. The molecule has 3 rings (SSSR count). The molecule has 1 aliphatic rings. The number of benzene rings is 2. The lowest BCUT2D eigenvalue weighted by Gasteiger charge is -2.23. The fourth-order valence-electron chi connectivity index (χ4n) is 3.33. The van der Waals surface area contributed by atoms with Gasteiger partial charge in [0.1, 0.15) is 30.8 Å². The Morgan fingerprint density at radius 2 is 1.77 bits per heavy atom. The van der Waals surface area contributed by atoms with E-state index in [1.54, 1.807) is 24.3 Å². The minimum absolute atomic E-state index is 0.106. The topological polar surface area (TPSA) is 85.2 Å². The van der Waals surface area contributed by atoms with Crippen LogP contribution in [0.3, 0.4) is 0 Å². The summed E-state index contributed by atoms with van der Waals surface area (Å²) >= 11 is 0. The van der Waals surface area contributed by atoms with Gasteiger partial charge < -0.3 is 24.4 Å². The van der Waals surface area contributed by atoms with Crippen LogP contribution >= 0.6 is 0 Å². The van der Waals surface area contributed by atoms with Gasteiger partial charge in [0.2, 0.25) is 0 Å². The predicted octanol–water partition coefficient (Wildman–Crippen LogP) is 3.70.